The van der Waals surface area contributed by atoms with Crippen molar-refractivity contribution in [2.75, 3.05) is 32.8 Å². The summed E-state index contributed by atoms with van der Waals surface area (Å²) in [6.07, 6.45) is 5.32. The molecule has 4 nitrogen and oxygen atoms in total. The lowest BCUT2D eigenvalue weighted by atomic mass is 9.81. The number of hydrogen-bond acceptors (Lipinski definition) is 4. The van der Waals surface area contributed by atoms with Crippen LogP contribution in [0.1, 0.15) is 52.9 Å². The van der Waals surface area contributed by atoms with Crippen LogP contribution in [0.15, 0.2) is 0 Å². The van der Waals surface area contributed by atoms with Crippen LogP contribution in [0.4, 0.5) is 0 Å². The van der Waals surface area contributed by atoms with Crippen LogP contribution in [0.5, 0.6) is 0 Å². The molecule has 1 N–H and O–H groups in total. The molecule has 0 spiro atoms. The summed E-state index contributed by atoms with van der Waals surface area (Å²) in [5, 5.41) is 3.50. The average molecular weight is 270 g/mol. The first-order valence-electron chi connectivity index (χ1n) is 7.83. The quantitative estimate of drug-likeness (QED) is 0.687. The summed E-state index contributed by atoms with van der Waals surface area (Å²) < 4.78 is 5.28. The maximum absolute atomic E-state index is 12.2. The molecule has 0 aliphatic heterocycles. The van der Waals surface area contributed by atoms with Crippen LogP contribution < -0.4 is 5.32 Å². The van der Waals surface area contributed by atoms with Gasteiger partial charge in [-0.2, -0.15) is 0 Å². The molecule has 19 heavy (non-hydrogen) atoms. The standard InChI is InChI=1S/C15H30N2O2/c1-4-17(5-2)13-12-16-15(14(18)19-6-3)10-8-7-9-11-15/h16H,4-13H2,1-3H3. The molecule has 1 fully saturated rings. The van der Waals surface area contributed by atoms with E-state index in [1.807, 2.05) is 6.92 Å². The lowest BCUT2D eigenvalue weighted by molar-refractivity contribution is -0.152. The number of rotatable bonds is 8. The smallest absolute Gasteiger partial charge is 0.326 e. The molecule has 4 heteroatoms. The first-order valence-corrected chi connectivity index (χ1v) is 7.83. The molecular formula is C15H30N2O2. The molecule has 0 amide bonds. The van der Waals surface area contributed by atoms with Crippen molar-refractivity contribution in [2.45, 2.75) is 58.4 Å². The summed E-state index contributed by atoms with van der Waals surface area (Å²) in [5.41, 5.74) is -0.415. The molecule has 0 aromatic carbocycles. The summed E-state index contributed by atoms with van der Waals surface area (Å²) in [6, 6.07) is 0. The largest absolute Gasteiger partial charge is 0.465 e. The second-order valence-electron chi connectivity index (χ2n) is 5.32. The highest BCUT2D eigenvalue weighted by molar-refractivity contribution is 5.81. The normalized spacial score (nSPS) is 18.5. The number of esters is 1. The number of ether oxygens (including phenoxy) is 1. The Hall–Kier alpha value is -0.610. The van der Waals surface area contributed by atoms with Crippen LogP contribution in [-0.4, -0.2) is 49.2 Å². The number of hydrogen-bond donors (Lipinski definition) is 1. The van der Waals surface area contributed by atoms with Gasteiger partial charge in [-0.05, 0) is 32.9 Å². The molecule has 1 rings (SSSR count). The minimum atomic E-state index is -0.415. The SMILES string of the molecule is CCOC(=O)C1(NCCN(CC)CC)CCCCC1. The Morgan fingerprint density at radius 3 is 2.32 bits per heavy atom. The zero-order valence-electron chi connectivity index (χ0n) is 12.8. The van der Waals surface area contributed by atoms with E-state index in [-0.39, 0.29) is 5.97 Å². The number of carbonyl (C=O) groups is 1. The molecule has 1 aliphatic rings. The first-order chi connectivity index (χ1) is 9.18. The van der Waals surface area contributed by atoms with E-state index in [0.29, 0.717) is 6.61 Å². The molecule has 0 bridgehead atoms. The molecule has 0 radical (unpaired) electrons. The van der Waals surface area contributed by atoms with E-state index in [4.69, 9.17) is 4.74 Å². The van der Waals surface area contributed by atoms with Gasteiger partial charge in [0.2, 0.25) is 0 Å². The molecule has 1 saturated carbocycles. The van der Waals surface area contributed by atoms with Crippen LogP contribution >= 0.6 is 0 Å². The summed E-state index contributed by atoms with van der Waals surface area (Å²) in [4.78, 5) is 14.6. The molecule has 0 saturated heterocycles. The molecule has 112 valence electrons. The van der Waals surface area contributed by atoms with Gasteiger partial charge in [0.05, 0.1) is 6.61 Å². The van der Waals surface area contributed by atoms with E-state index in [9.17, 15) is 4.79 Å². The fourth-order valence-corrected chi connectivity index (χ4v) is 2.87. The zero-order valence-corrected chi connectivity index (χ0v) is 12.8. The summed E-state index contributed by atoms with van der Waals surface area (Å²) in [5.74, 6) is -0.0470. The lowest BCUT2D eigenvalue weighted by Crippen LogP contribution is -2.55. The first kappa shape index (κ1) is 16.4. The maximum atomic E-state index is 12.2. The molecular weight excluding hydrogens is 240 g/mol. The number of likely N-dealkylation sites (N-methyl/N-ethyl adjacent to an activating group) is 1. The van der Waals surface area contributed by atoms with Gasteiger partial charge in [0, 0.05) is 13.1 Å². The molecule has 0 unspecified atom stereocenters. The van der Waals surface area contributed by atoms with Crippen molar-refractivity contribution in [3.8, 4) is 0 Å². The predicted molar refractivity (Wildman–Crippen MR) is 78.2 cm³/mol. The van der Waals surface area contributed by atoms with Crippen LogP contribution in [-0.2, 0) is 9.53 Å². The lowest BCUT2D eigenvalue weighted by Gasteiger charge is -2.36. The second kappa shape index (κ2) is 8.54. The van der Waals surface area contributed by atoms with Crippen molar-refractivity contribution in [1.29, 1.82) is 0 Å². The average Bonchev–Trinajstić information content (AvgIpc) is 2.45. The third-order valence-corrected chi connectivity index (χ3v) is 4.16. The molecule has 0 heterocycles. The maximum Gasteiger partial charge on any atom is 0.326 e. The molecule has 0 aromatic rings. The van der Waals surface area contributed by atoms with Crippen LogP contribution in [0.3, 0.4) is 0 Å². The van der Waals surface area contributed by atoms with Gasteiger partial charge in [0.25, 0.3) is 0 Å². The highest BCUT2D eigenvalue weighted by Gasteiger charge is 2.40. The summed E-state index contributed by atoms with van der Waals surface area (Å²) in [6.45, 7) is 10.7. The Labute approximate surface area is 117 Å². The number of nitrogens with zero attached hydrogens (tertiary/aromatic N) is 1. The highest BCUT2D eigenvalue weighted by atomic mass is 16.5. The van der Waals surface area contributed by atoms with Gasteiger partial charge >= 0.3 is 5.97 Å². The van der Waals surface area contributed by atoms with E-state index in [1.54, 1.807) is 0 Å². The van der Waals surface area contributed by atoms with Crippen molar-refractivity contribution in [1.82, 2.24) is 10.2 Å². The van der Waals surface area contributed by atoms with Gasteiger partial charge in [-0.3, -0.25) is 4.79 Å². The van der Waals surface area contributed by atoms with E-state index in [1.165, 1.54) is 6.42 Å². The summed E-state index contributed by atoms with van der Waals surface area (Å²) in [7, 11) is 0. The Morgan fingerprint density at radius 1 is 1.16 bits per heavy atom. The fourth-order valence-electron chi connectivity index (χ4n) is 2.87. The van der Waals surface area contributed by atoms with Crippen molar-refractivity contribution in [2.24, 2.45) is 0 Å². The van der Waals surface area contributed by atoms with Gasteiger partial charge in [-0.1, -0.05) is 33.1 Å². The fraction of sp³-hybridized carbons (Fsp3) is 0.933. The van der Waals surface area contributed by atoms with Crippen molar-refractivity contribution in [3.05, 3.63) is 0 Å². The Kier molecular flexibility index (Phi) is 7.39. The van der Waals surface area contributed by atoms with E-state index in [2.05, 4.69) is 24.1 Å². The molecule has 0 atom stereocenters. The van der Waals surface area contributed by atoms with Crippen molar-refractivity contribution in [3.63, 3.8) is 0 Å². The van der Waals surface area contributed by atoms with Crippen LogP contribution in [0.2, 0.25) is 0 Å². The monoisotopic (exact) mass is 270 g/mol. The zero-order chi connectivity index (χ0) is 14.1. The number of nitrogens with one attached hydrogen (secondary N) is 1. The van der Waals surface area contributed by atoms with Crippen LogP contribution in [0.25, 0.3) is 0 Å². The van der Waals surface area contributed by atoms with Gasteiger partial charge in [-0.15, -0.1) is 0 Å². The Balaban J connectivity index is 2.52. The third kappa shape index (κ3) is 4.77. The molecule has 0 aromatic heterocycles. The van der Waals surface area contributed by atoms with Gasteiger partial charge in [-0.25, -0.2) is 0 Å². The summed E-state index contributed by atoms with van der Waals surface area (Å²) >= 11 is 0. The third-order valence-electron chi connectivity index (χ3n) is 4.16. The van der Waals surface area contributed by atoms with Crippen molar-refractivity contribution >= 4 is 5.97 Å². The van der Waals surface area contributed by atoms with Gasteiger partial charge in [0.1, 0.15) is 5.54 Å². The van der Waals surface area contributed by atoms with Gasteiger partial charge in [0.15, 0.2) is 0 Å². The second-order valence-corrected chi connectivity index (χ2v) is 5.32. The Bertz CT molecular complexity index is 259. The minimum absolute atomic E-state index is 0.0470. The highest BCUT2D eigenvalue weighted by Crippen LogP contribution is 2.29. The minimum Gasteiger partial charge on any atom is -0.465 e. The van der Waals surface area contributed by atoms with Gasteiger partial charge < -0.3 is 15.0 Å². The topological polar surface area (TPSA) is 41.6 Å². The van der Waals surface area contributed by atoms with Crippen molar-refractivity contribution < 1.29 is 9.53 Å². The number of carbonyl (C=O) groups excluding carboxylic acids is 1. The Morgan fingerprint density at radius 2 is 1.79 bits per heavy atom. The van der Waals surface area contributed by atoms with Crippen LogP contribution in [0, 0.1) is 0 Å². The van der Waals surface area contributed by atoms with E-state index in [0.717, 1.165) is 51.9 Å². The van der Waals surface area contributed by atoms with E-state index >= 15 is 0 Å². The molecule has 1 aliphatic carbocycles. The van der Waals surface area contributed by atoms with E-state index < -0.39 is 5.54 Å². The predicted octanol–water partition coefficient (Wildman–Crippen LogP) is 2.18.